The first kappa shape index (κ1) is 26.6. The second-order valence-corrected chi connectivity index (χ2v) is 10.6. The van der Waals surface area contributed by atoms with E-state index < -0.39 is 35.0 Å². The van der Waals surface area contributed by atoms with Crippen molar-refractivity contribution in [2.45, 2.75) is 57.8 Å². The maximum absolute atomic E-state index is 14.5. The quantitative estimate of drug-likeness (QED) is 0.398. The first-order valence-corrected chi connectivity index (χ1v) is 12.9. The number of aryl methyl sites for hydroxylation is 1. The highest BCUT2D eigenvalue weighted by atomic mass is 35.5. The zero-order valence-electron chi connectivity index (χ0n) is 21.3. The van der Waals surface area contributed by atoms with Crippen LogP contribution in [0.1, 0.15) is 39.2 Å². The molecule has 9 heteroatoms. The van der Waals surface area contributed by atoms with Crippen molar-refractivity contribution >= 4 is 35.1 Å². The van der Waals surface area contributed by atoms with Gasteiger partial charge >= 0.3 is 5.97 Å². The van der Waals surface area contributed by atoms with Crippen LogP contribution < -0.4 is 4.90 Å². The van der Waals surface area contributed by atoms with Crippen molar-refractivity contribution in [3.63, 3.8) is 0 Å². The maximum atomic E-state index is 14.5. The summed E-state index contributed by atoms with van der Waals surface area (Å²) in [6.07, 6.45) is 2.36. The van der Waals surface area contributed by atoms with E-state index in [2.05, 4.69) is 6.58 Å². The Morgan fingerprint density at radius 3 is 2.75 bits per heavy atom. The molecule has 0 radical (unpaired) electrons. The number of rotatable bonds is 9. The van der Waals surface area contributed by atoms with Gasteiger partial charge in [-0.2, -0.15) is 0 Å². The number of hydrogen-bond acceptors (Lipinski definition) is 6. The number of anilines is 1. The van der Waals surface area contributed by atoms with Crippen LogP contribution in [-0.4, -0.2) is 71.3 Å². The molecule has 0 aromatic heterocycles. The number of fused-ring (bicyclic) bond motifs is 1. The molecule has 2 bridgehead atoms. The van der Waals surface area contributed by atoms with Gasteiger partial charge in [-0.25, -0.2) is 0 Å². The molecule has 3 unspecified atom stereocenters. The van der Waals surface area contributed by atoms with Crippen molar-refractivity contribution in [1.82, 2.24) is 4.90 Å². The topological polar surface area (TPSA) is 96.4 Å². The summed E-state index contributed by atoms with van der Waals surface area (Å²) in [4.78, 5) is 44.6. The van der Waals surface area contributed by atoms with Crippen molar-refractivity contribution < 1.29 is 29.0 Å². The number of amides is 2. The zero-order valence-corrected chi connectivity index (χ0v) is 22.1. The van der Waals surface area contributed by atoms with Crippen molar-refractivity contribution in [1.29, 1.82) is 0 Å². The average molecular weight is 519 g/mol. The molecular formula is C27H35ClN2O6. The number of esters is 1. The normalized spacial score (nSPS) is 32.5. The molecule has 0 saturated carbocycles. The molecule has 6 atom stereocenters. The van der Waals surface area contributed by atoms with E-state index in [9.17, 15) is 19.5 Å². The second-order valence-electron chi connectivity index (χ2n) is 10.2. The minimum atomic E-state index is -1.19. The molecule has 3 fully saturated rings. The molecule has 4 rings (SSSR count). The molecule has 1 spiro atoms. The van der Waals surface area contributed by atoms with Gasteiger partial charge in [0.25, 0.3) is 5.91 Å². The van der Waals surface area contributed by atoms with Gasteiger partial charge < -0.3 is 24.4 Å². The first-order chi connectivity index (χ1) is 17.1. The van der Waals surface area contributed by atoms with Crippen molar-refractivity contribution in [3.05, 3.63) is 41.4 Å². The third-order valence-electron chi connectivity index (χ3n) is 8.18. The van der Waals surface area contributed by atoms with E-state index in [4.69, 9.17) is 21.1 Å². The zero-order chi connectivity index (χ0) is 26.4. The van der Waals surface area contributed by atoms with Crippen LogP contribution in [0.4, 0.5) is 5.69 Å². The highest BCUT2D eigenvalue weighted by Crippen LogP contribution is 2.65. The van der Waals surface area contributed by atoms with E-state index in [0.717, 1.165) is 5.56 Å². The number of aliphatic hydroxyl groups is 1. The van der Waals surface area contributed by atoms with Gasteiger partial charge in [-0.15, -0.1) is 6.58 Å². The van der Waals surface area contributed by atoms with Gasteiger partial charge in [0.1, 0.15) is 17.6 Å². The highest BCUT2D eigenvalue weighted by molar-refractivity contribution is 6.34. The molecule has 1 N–H and O–H groups in total. The molecule has 1 aromatic carbocycles. The molecule has 1 aromatic rings. The minimum Gasteiger partial charge on any atom is -0.466 e. The fourth-order valence-electron chi connectivity index (χ4n) is 6.62. The molecule has 2 amide bonds. The van der Waals surface area contributed by atoms with Crippen LogP contribution in [0.3, 0.4) is 0 Å². The van der Waals surface area contributed by atoms with Crippen molar-refractivity contribution in [3.8, 4) is 0 Å². The van der Waals surface area contributed by atoms with Crippen LogP contribution in [0.5, 0.6) is 0 Å². The van der Waals surface area contributed by atoms with Crippen LogP contribution in [0.15, 0.2) is 30.9 Å². The summed E-state index contributed by atoms with van der Waals surface area (Å²) in [6.45, 7) is 11.6. The summed E-state index contributed by atoms with van der Waals surface area (Å²) in [5, 5.41) is 9.95. The Balaban J connectivity index is 1.86. The Morgan fingerprint density at radius 1 is 1.42 bits per heavy atom. The Bertz CT molecular complexity index is 1060. The predicted octanol–water partition coefficient (Wildman–Crippen LogP) is 3.12. The van der Waals surface area contributed by atoms with E-state index >= 15 is 0 Å². The Kier molecular flexibility index (Phi) is 7.25. The van der Waals surface area contributed by atoms with Gasteiger partial charge in [0, 0.05) is 19.7 Å². The lowest BCUT2D eigenvalue weighted by Crippen LogP contribution is -2.57. The molecule has 36 heavy (non-hydrogen) atoms. The summed E-state index contributed by atoms with van der Waals surface area (Å²) < 4.78 is 12.1. The number of benzene rings is 1. The lowest BCUT2D eigenvalue weighted by molar-refractivity contribution is -0.161. The Morgan fingerprint density at radius 2 is 2.14 bits per heavy atom. The molecule has 3 saturated heterocycles. The Labute approximate surface area is 217 Å². The smallest absolute Gasteiger partial charge is 0.312 e. The standard InChI is InChI=1S/C27H35ClN2O6/c1-6-12-29(21-16(3)10-8-11-18(21)28)24(33)22-27-15-17(4)26(5,36-27)20(25(34)35-7-2)19(27)23(32)30(22)13-9-14-31/h6,8,10-11,17,19-20,22,31H,1,7,9,12-15H2,2-5H3/t17?,19-,20+,22?,26-,27?/m0/s1. The number of nitrogens with zero attached hydrogens (tertiary/aromatic N) is 2. The SMILES string of the molecule is C=CCN(C(=O)C1N(CCCO)C(=O)[C@@H]2[C@H](C(=O)OCC)[C@@]3(C)OC12CC3C)c1c(C)cccc1Cl. The van der Waals surface area contributed by atoms with Gasteiger partial charge in [0.2, 0.25) is 5.91 Å². The number of carbonyl (C=O) groups is 3. The summed E-state index contributed by atoms with van der Waals surface area (Å²) in [5.74, 6) is -2.89. The van der Waals surface area contributed by atoms with Crippen LogP contribution in [0.2, 0.25) is 5.02 Å². The van der Waals surface area contributed by atoms with Crippen LogP contribution in [0.25, 0.3) is 0 Å². The number of aliphatic hydroxyl groups excluding tert-OH is 1. The fraction of sp³-hybridized carbons (Fsp3) is 0.593. The second kappa shape index (κ2) is 9.80. The molecule has 8 nitrogen and oxygen atoms in total. The summed E-state index contributed by atoms with van der Waals surface area (Å²) >= 11 is 6.56. The van der Waals surface area contributed by atoms with Gasteiger partial charge in [-0.3, -0.25) is 14.4 Å². The molecule has 3 aliphatic rings. The van der Waals surface area contributed by atoms with Crippen LogP contribution in [-0.2, 0) is 23.9 Å². The molecule has 3 heterocycles. The van der Waals surface area contributed by atoms with E-state index in [-0.39, 0.29) is 44.0 Å². The Hall–Kier alpha value is -2.42. The number of hydrogen-bond donors (Lipinski definition) is 1. The van der Waals surface area contributed by atoms with Gasteiger partial charge in [-0.1, -0.05) is 36.7 Å². The van der Waals surface area contributed by atoms with Crippen LogP contribution >= 0.6 is 11.6 Å². The predicted molar refractivity (Wildman–Crippen MR) is 136 cm³/mol. The largest absolute Gasteiger partial charge is 0.466 e. The third kappa shape index (κ3) is 3.76. The van der Waals surface area contributed by atoms with Crippen molar-refractivity contribution in [2.75, 3.05) is 31.2 Å². The number of carbonyl (C=O) groups excluding carboxylic acids is 3. The number of ether oxygens (including phenoxy) is 2. The van der Waals surface area contributed by atoms with E-state index in [1.165, 1.54) is 4.90 Å². The first-order valence-electron chi connectivity index (χ1n) is 12.5. The third-order valence-corrected chi connectivity index (χ3v) is 8.49. The van der Waals surface area contributed by atoms with E-state index in [1.54, 1.807) is 24.0 Å². The monoisotopic (exact) mass is 518 g/mol. The number of likely N-dealkylation sites (tertiary alicyclic amines) is 1. The van der Waals surface area contributed by atoms with Crippen molar-refractivity contribution in [2.24, 2.45) is 17.8 Å². The minimum absolute atomic E-state index is 0.0843. The average Bonchev–Trinajstić information content (AvgIpc) is 3.33. The summed E-state index contributed by atoms with van der Waals surface area (Å²) in [5.41, 5.74) is -0.770. The number of halogens is 1. The summed E-state index contributed by atoms with van der Waals surface area (Å²) in [7, 11) is 0. The lowest BCUT2D eigenvalue weighted by Gasteiger charge is -2.37. The van der Waals surface area contributed by atoms with Gasteiger partial charge in [-0.05, 0) is 51.2 Å². The fourth-order valence-corrected chi connectivity index (χ4v) is 6.95. The molecule has 3 aliphatic heterocycles. The maximum Gasteiger partial charge on any atom is 0.312 e. The van der Waals surface area contributed by atoms with Gasteiger partial charge in [0.05, 0.1) is 28.8 Å². The molecule has 196 valence electrons. The summed E-state index contributed by atoms with van der Waals surface area (Å²) in [6, 6.07) is 4.41. The van der Waals surface area contributed by atoms with Gasteiger partial charge in [0.15, 0.2) is 0 Å². The van der Waals surface area contributed by atoms with E-state index in [0.29, 0.717) is 23.6 Å². The van der Waals surface area contributed by atoms with E-state index in [1.807, 2.05) is 32.9 Å². The van der Waals surface area contributed by atoms with Crippen LogP contribution in [0, 0.1) is 24.7 Å². The molecular weight excluding hydrogens is 484 g/mol. The molecule has 0 aliphatic carbocycles. The lowest BCUT2D eigenvalue weighted by atomic mass is 9.62. The highest BCUT2D eigenvalue weighted by Gasteiger charge is 2.80. The number of para-hydroxylation sites is 1.